The first-order chi connectivity index (χ1) is 13.0. The van der Waals surface area contributed by atoms with E-state index in [1.165, 1.54) is 11.0 Å². The number of nitrogens with zero attached hydrogens (tertiary/aromatic N) is 4. The Bertz CT molecular complexity index is 921. The van der Waals surface area contributed by atoms with E-state index in [2.05, 4.69) is 10.4 Å². The molecule has 7 nitrogen and oxygen atoms in total. The van der Waals surface area contributed by atoms with Gasteiger partial charge >= 0.3 is 0 Å². The van der Waals surface area contributed by atoms with Crippen LogP contribution in [0.3, 0.4) is 0 Å². The summed E-state index contributed by atoms with van der Waals surface area (Å²) in [6, 6.07) is 2.17. The lowest BCUT2D eigenvalue weighted by Crippen LogP contribution is -2.41. The SMILES string of the molecule is Cc1cc(C)n(-c2nc3c(c(=O)n2CC(=O)NC2CCCCC2)CCC3)n1. The Labute approximate surface area is 158 Å². The zero-order valence-corrected chi connectivity index (χ0v) is 16.1. The Kier molecular flexibility index (Phi) is 4.85. The maximum atomic E-state index is 13.1. The molecule has 1 fully saturated rings. The maximum Gasteiger partial charge on any atom is 0.258 e. The van der Waals surface area contributed by atoms with Gasteiger partial charge in [-0.05, 0) is 52.0 Å². The monoisotopic (exact) mass is 369 g/mol. The van der Waals surface area contributed by atoms with Crippen LogP contribution in [0.2, 0.25) is 0 Å². The molecule has 2 aliphatic carbocycles. The summed E-state index contributed by atoms with van der Waals surface area (Å²) >= 11 is 0. The van der Waals surface area contributed by atoms with E-state index in [0.29, 0.717) is 5.95 Å². The van der Waals surface area contributed by atoms with Crippen LogP contribution < -0.4 is 10.9 Å². The second-order valence-electron chi connectivity index (χ2n) is 7.82. The summed E-state index contributed by atoms with van der Waals surface area (Å²) in [5.74, 6) is 0.330. The van der Waals surface area contributed by atoms with Gasteiger partial charge in [0.2, 0.25) is 11.9 Å². The highest BCUT2D eigenvalue weighted by atomic mass is 16.2. The predicted molar refractivity (Wildman–Crippen MR) is 102 cm³/mol. The molecule has 0 atom stereocenters. The lowest BCUT2D eigenvalue weighted by Gasteiger charge is -2.23. The van der Waals surface area contributed by atoms with Gasteiger partial charge in [-0.15, -0.1) is 0 Å². The van der Waals surface area contributed by atoms with Crippen LogP contribution in [0.15, 0.2) is 10.9 Å². The van der Waals surface area contributed by atoms with Gasteiger partial charge in [0, 0.05) is 17.3 Å². The van der Waals surface area contributed by atoms with Crippen LogP contribution in [0.1, 0.15) is 61.2 Å². The number of rotatable bonds is 4. The van der Waals surface area contributed by atoms with Gasteiger partial charge in [-0.3, -0.25) is 14.2 Å². The number of carbonyl (C=O) groups is 1. The minimum absolute atomic E-state index is 0.0106. The lowest BCUT2D eigenvalue weighted by molar-refractivity contribution is -0.122. The average molecular weight is 369 g/mol. The number of aryl methyl sites for hydroxylation is 3. The van der Waals surface area contributed by atoms with Crippen molar-refractivity contribution in [1.82, 2.24) is 24.6 Å². The zero-order chi connectivity index (χ0) is 19.0. The van der Waals surface area contributed by atoms with Gasteiger partial charge in [0.25, 0.3) is 5.56 Å². The van der Waals surface area contributed by atoms with Crippen molar-refractivity contribution < 1.29 is 4.79 Å². The Morgan fingerprint density at radius 1 is 1.19 bits per heavy atom. The van der Waals surface area contributed by atoms with E-state index < -0.39 is 0 Å². The molecule has 0 radical (unpaired) electrons. The second kappa shape index (κ2) is 7.29. The van der Waals surface area contributed by atoms with E-state index in [4.69, 9.17) is 4.98 Å². The normalized spacial score (nSPS) is 17.1. The number of hydrogen-bond donors (Lipinski definition) is 1. The minimum atomic E-state index is -0.119. The number of hydrogen-bond acceptors (Lipinski definition) is 4. The third kappa shape index (κ3) is 3.55. The number of nitrogens with one attached hydrogen (secondary N) is 1. The van der Waals surface area contributed by atoms with Gasteiger partial charge in [0.05, 0.1) is 11.4 Å². The number of amides is 1. The predicted octanol–water partition coefficient (Wildman–Crippen LogP) is 1.98. The molecule has 0 unspecified atom stereocenters. The molecule has 1 saturated carbocycles. The summed E-state index contributed by atoms with van der Waals surface area (Å²) in [6.07, 6.45) is 8.08. The molecular weight excluding hydrogens is 342 g/mol. The Balaban J connectivity index is 1.69. The van der Waals surface area contributed by atoms with Crippen molar-refractivity contribution >= 4 is 5.91 Å². The lowest BCUT2D eigenvalue weighted by atomic mass is 9.95. The van der Waals surface area contributed by atoms with Crippen LogP contribution in [0.4, 0.5) is 0 Å². The van der Waals surface area contributed by atoms with Gasteiger partial charge in [0.15, 0.2) is 0 Å². The average Bonchev–Trinajstić information content (AvgIpc) is 3.24. The van der Waals surface area contributed by atoms with E-state index in [1.807, 2.05) is 19.9 Å². The third-order valence-electron chi connectivity index (χ3n) is 5.64. The molecule has 1 amide bonds. The standard InChI is InChI=1S/C20H27N5O2/c1-13-11-14(2)25(23-13)20-22-17-10-6-9-16(17)19(27)24(20)12-18(26)21-15-7-4-3-5-8-15/h11,15H,3-10,12H2,1-2H3,(H,21,26). The second-order valence-corrected chi connectivity index (χ2v) is 7.82. The van der Waals surface area contributed by atoms with Crippen LogP contribution >= 0.6 is 0 Å². The molecule has 4 rings (SSSR count). The van der Waals surface area contributed by atoms with E-state index in [0.717, 1.165) is 67.6 Å². The molecular formula is C20H27N5O2. The molecule has 1 N–H and O–H groups in total. The van der Waals surface area contributed by atoms with Gasteiger partial charge in [-0.2, -0.15) is 5.10 Å². The van der Waals surface area contributed by atoms with E-state index in [1.54, 1.807) is 4.68 Å². The van der Waals surface area contributed by atoms with Gasteiger partial charge in [-0.25, -0.2) is 9.67 Å². The Hall–Kier alpha value is -2.44. The molecule has 2 aromatic heterocycles. The number of fused-ring (bicyclic) bond motifs is 1. The van der Waals surface area contributed by atoms with Crippen molar-refractivity contribution in [3.63, 3.8) is 0 Å². The fourth-order valence-electron chi connectivity index (χ4n) is 4.32. The molecule has 0 aromatic carbocycles. The molecule has 0 spiro atoms. The van der Waals surface area contributed by atoms with Crippen molar-refractivity contribution in [3.8, 4) is 5.95 Å². The van der Waals surface area contributed by atoms with Gasteiger partial charge < -0.3 is 5.32 Å². The van der Waals surface area contributed by atoms with Crippen LogP contribution in [-0.2, 0) is 24.2 Å². The van der Waals surface area contributed by atoms with E-state index >= 15 is 0 Å². The molecule has 144 valence electrons. The van der Waals surface area contributed by atoms with Crippen LogP contribution in [0.25, 0.3) is 5.95 Å². The summed E-state index contributed by atoms with van der Waals surface area (Å²) in [4.78, 5) is 30.5. The smallest absolute Gasteiger partial charge is 0.258 e. The maximum absolute atomic E-state index is 13.1. The molecule has 2 heterocycles. The quantitative estimate of drug-likeness (QED) is 0.893. The largest absolute Gasteiger partial charge is 0.352 e. The molecule has 2 aromatic rings. The highest BCUT2D eigenvalue weighted by molar-refractivity contribution is 5.76. The first-order valence-corrected chi connectivity index (χ1v) is 9.98. The summed E-state index contributed by atoms with van der Waals surface area (Å²) in [7, 11) is 0. The van der Waals surface area contributed by atoms with Gasteiger partial charge in [-0.1, -0.05) is 19.3 Å². The molecule has 27 heavy (non-hydrogen) atoms. The summed E-state index contributed by atoms with van der Waals surface area (Å²) in [5.41, 5.74) is 3.27. The highest BCUT2D eigenvalue weighted by Crippen LogP contribution is 2.20. The van der Waals surface area contributed by atoms with E-state index in [-0.39, 0.29) is 24.1 Å². The van der Waals surface area contributed by atoms with Crippen LogP contribution in [0, 0.1) is 13.8 Å². The summed E-state index contributed by atoms with van der Waals surface area (Å²) in [5, 5.41) is 7.60. The molecule has 2 aliphatic rings. The van der Waals surface area contributed by atoms with Gasteiger partial charge in [0.1, 0.15) is 6.54 Å². The van der Waals surface area contributed by atoms with Crippen molar-refractivity contribution in [1.29, 1.82) is 0 Å². The summed E-state index contributed by atoms with van der Waals surface area (Å²) in [6.45, 7) is 3.84. The van der Waals surface area contributed by atoms with E-state index in [9.17, 15) is 9.59 Å². The zero-order valence-electron chi connectivity index (χ0n) is 16.1. The summed E-state index contributed by atoms with van der Waals surface area (Å²) < 4.78 is 3.19. The van der Waals surface area contributed by atoms with Crippen molar-refractivity contribution in [2.24, 2.45) is 0 Å². The first kappa shape index (κ1) is 17.9. The van der Waals surface area contributed by atoms with Crippen LogP contribution in [0.5, 0.6) is 0 Å². The fraction of sp³-hybridized carbons (Fsp3) is 0.600. The highest BCUT2D eigenvalue weighted by Gasteiger charge is 2.24. The Morgan fingerprint density at radius 2 is 1.96 bits per heavy atom. The topological polar surface area (TPSA) is 81.8 Å². The van der Waals surface area contributed by atoms with Crippen molar-refractivity contribution in [2.45, 2.75) is 77.8 Å². The molecule has 0 aliphatic heterocycles. The van der Waals surface area contributed by atoms with Crippen molar-refractivity contribution in [3.05, 3.63) is 39.1 Å². The molecule has 7 heteroatoms. The minimum Gasteiger partial charge on any atom is -0.352 e. The number of aromatic nitrogens is 4. The van der Waals surface area contributed by atoms with Crippen LogP contribution in [-0.4, -0.2) is 31.3 Å². The fourth-order valence-corrected chi connectivity index (χ4v) is 4.32. The third-order valence-corrected chi connectivity index (χ3v) is 5.64. The first-order valence-electron chi connectivity index (χ1n) is 9.98. The molecule has 0 bridgehead atoms. The molecule has 0 saturated heterocycles. The number of carbonyl (C=O) groups excluding carboxylic acids is 1. The van der Waals surface area contributed by atoms with Crippen molar-refractivity contribution in [2.75, 3.05) is 0 Å². The Morgan fingerprint density at radius 3 is 2.67 bits per heavy atom.